The average Bonchev–Trinajstić information content (AvgIpc) is 2.79. The lowest BCUT2D eigenvalue weighted by Gasteiger charge is -2.33. The van der Waals surface area contributed by atoms with Gasteiger partial charge in [0.15, 0.2) is 0 Å². The van der Waals surface area contributed by atoms with E-state index < -0.39 is 10.0 Å². The Balaban J connectivity index is 1.48. The third-order valence-corrected chi connectivity index (χ3v) is 8.76. The zero-order valence-corrected chi connectivity index (χ0v) is 19.1. The summed E-state index contributed by atoms with van der Waals surface area (Å²) < 4.78 is 28.2. The third-order valence-electron chi connectivity index (χ3n) is 6.89. The number of sulfonamides is 1. The summed E-state index contributed by atoms with van der Waals surface area (Å²) in [6.45, 7) is 2.87. The number of amides is 2. The maximum absolute atomic E-state index is 13.4. The van der Waals surface area contributed by atoms with Gasteiger partial charge in [-0.05, 0) is 62.3 Å². The molecule has 2 amide bonds. The molecule has 1 atom stereocenters. The summed E-state index contributed by atoms with van der Waals surface area (Å²) in [5.41, 5.74) is 1.70. The number of anilines is 1. The second-order valence-corrected chi connectivity index (χ2v) is 11.0. The number of rotatable bonds is 4. The first-order chi connectivity index (χ1) is 14.9. The minimum atomic E-state index is -3.68. The Morgan fingerprint density at radius 3 is 2.52 bits per heavy atom. The highest BCUT2D eigenvalue weighted by atomic mass is 32.2. The molecule has 1 saturated carbocycles. The summed E-state index contributed by atoms with van der Waals surface area (Å²) in [5, 5.41) is 3.16. The van der Waals surface area contributed by atoms with E-state index in [9.17, 15) is 18.0 Å². The molecule has 4 rings (SSSR count). The molecule has 0 bridgehead atoms. The van der Waals surface area contributed by atoms with Gasteiger partial charge in [-0.2, -0.15) is 4.31 Å². The fourth-order valence-corrected chi connectivity index (χ4v) is 6.73. The van der Waals surface area contributed by atoms with Crippen LogP contribution in [0.1, 0.15) is 63.9 Å². The Morgan fingerprint density at radius 2 is 1.77 bits per heavy atom. The van der Waals surface area contributed by atoms with Gasteiger partial charge in [0.2, 0.25) is 21.8 Å². The average molecular weight is 448 g/mol. The Hall–Kier alpha value is -1.93. The van der Waals surface area contributed by atoms with E-state index in [1.165, 1.54) is 17.6 Å². The van der Waals surface area contributed by atoms with E-state index in [-0.39, 0.29) is 35.2 Å². The minimum Gasteiger partial charge on any atom is -0.353 e. The maximum Gasteiger partial charge on any atom is 0.243 e. The van der Waals surface area contributed by atoms with Crippen LogP contribution in [0.5, 0.6) is 0 Å². The van der Waals surface area contributed by atoms with Crippen LogP contribution in [0.15, 0.2) is 23.1 Å². The lowest BCUT2D eigenvalue weighted by atomic mass is 9.93. The number of piperidine rings is 1. The number of nitrogens with zero attached hydrogens (tertiary/aromatic N) is 2. The monoisotopic (exact) mass is 447 g/mol. The number of hydrogen-bond donors (Lipinski definition) is 1. The Labute approximate surface area is 185 Å². The highest BCUT2D eigenvalue weighted by Crippen LogP contribution is 2.32. The van der Waals surface area contributed by atoms with Crippen molar-refractivity contribution in [3.05, 3.63) is 23.8 Å². The lowest BCUT2D eigenvalue weighted by Crippen LogP contribution is -2.47. The summed E-state index contributed by atoms with van der Waals surface area (Å²) >= 11 is 0. The van der Waals surface area contributed by atoms with Crippen LogP contribution in [0.2, 0.25) is 0 Å². The SMILES string of the molecule is CC(=O)N1CCCc2cc(S(=O)(=O)N3CCC[C@H](C(=O)NC4CCCCC4)C3)ccc21. The number of aryl methyl sites for hydroxylation is 1. The molecular weight excluding hydrogens is 414 g/mol. The van der Waals surface area contributed by atoms with Gasteiger partial charge in [-0.3, -0.25) is 9.59 Å². The molecule has 1 aromatic rings. The first-order valence-electron chi connectivity index (χ1n) is 11.6. The number of hydrogen-bond acceptors (Lipinski definition) is 4. The standard InChI is InChI=1S/C23H33N3O4S/c1-17(27)26-14-6-7-18-15-21(11-12-22(18)26)31(29,30)25-13-5-8-19(16-25)23(28)24-20-9-3-2-4-10-20/h11-12,15,19-20H,2-10,13-14,16H2,1H3,(H,24,28)/t19-/m0/s1. The lowest BCUT2D eigenvalue weighted by molar-refractivity contribution is -0.127. The van der Waals surface area contributed by atoms with E-state index in [4.69, 9.17) is 0 Å². The zero-order valence-electron chi connectivity index (χ0n) is 18.3. The van der Waals surface area contributed by atoms with Gasteiger partial charge in [-0.15, -0.1) is 0 Å². The quantitative estimate of drug-likeness (QED) is 0.769. The molecule has 0 unspecified atom stereocenters. The maximum atomic E-state index is 13.4. The van der Waals surface area contributed by atoms with Gasteiger partial charge in [0.05, 0.1) is 10.8 Å². The van der Waals surface area contributed by atoms with Crippen LogP contribution < -0.4 is 10.2 Å². The Morgan fingerprint density at radius 1 is 1.00 bits per heavy atom. The number of benzene rings is 1. The number of nitrogens with one attached hydrogen (secondary N) is 1. The highest BCUT2D eigenvalue weighted by molar-refractivity contribution is 7.89. The molecule has 8 heteroatoms. The molecule has 2 aliphatic heterocycles. The number of carbonyl (C=O) groups excluding carboxylic acids is 2. The summed E-state index contributed by atoms with van der Waals surface area (Å²) in [7, 11) is -3.68. The van der Waals surface area contributed by atoms with E-state index in [2.05, 4.69) is 5.32 Å². The van der Waals surface area contributed by atoms with Crippen molar-refractivity contribution in [3.63, 3.8) is 0 Å². The summed E-state index contributed by atoms with van der Waals surface area (Å²) in [5.74, 6) is -0.329. The Kier molecular flexibility index (Phi) is 6.67. The molecule has 0 aromatic heterocycles. The van der Waals surface area contributed by atoms with E-state index >= 15 is 0 Å². The zero-order chi connectivity index (χ0) is 22.0. The van der Waals surface area contributed by atoms with Crippen molar-refractivity contribution in [2.75, 3.05) is 24.5 Å². The topological polar surface area (TPSA) is 86.8 Å². The summed E-state index contributed by atoms with van der Waals surface area (Å²) in [4.78, 5) is 26.7. The first kappa shape index (κ1) is 22.3. The molecule has 1 N–H and O–H groups in total. The van der Waals surface area contributed by atoms with Gasteiger partial charge >= 0.3 is 0 Å². The van der Waals surface area contributed by atoms with Crippen LogP contribution in [0, 0.1) is 5.92 Å². The van der Waals surface area contributed by atoms with Crippen LogP contribution in [-0.4, -0.2) is 50.2 Å². The van der Waals surface area contributed by atoms with Crippen molar-refractivity contribution < 1.29 is 18.0 Å². The second-order valence-electron chi connectivity index (χ2n) is 9.11. The van der Waals surface area contributed by atoms with Crippen molar-refractivity contribution in [3.8, 4) is 0 Å². The largest absolute Gasteiger partial charge is 0.353 e. The van der Waals surface area contributed by atoms with Crippen molar-refractivity contribution >= 4 is 27.5 Å². The number of fused-ring (bicyclic) bond motifs is 1. The number of carbonyl (C=O) groups is 2. The van der Waals surface area contributed by atoms with Crippen LogP contribution in [0.25, 0.3) is 0 Å². The van der Waals surface area contributed by atoms with Gasteiger partial charge in [0.25, 0.3) is 0 Å². The molecule has 1 aliphatic carbocycles. The summed E-state index contributed by atoms with van der Waals surface area (Å²) in [6, 6.07) is 5.30. The normalized spacial score (nSPS) is 23.3. The Bertz CT molecular complexity index is 940. The molecule has 0 spiro atoms. The molecule has 170 valence electrons. The van der Waals surface area contributed by atoms with Crippen LogP contribution in [-0.2, 0) is 26.0 Å². The predicted octanol–water partition coefficient (Wildman–Crippen LogP) is 2.84. The van der Waals surface area contributed by atoms with E-state index in [1.807, 2.05) is 0 Å². The van der Waals surface area contributed by atoms with E-state index in [0.29, 0.717) is 19.5 Å². The molecular formula is C23H33N3O4S. The molecule has 3 aliphatic rings. The molecule has 2 fully saturated rings. The van der Waals surface area contributed by atoms with Gasteiger partial charge in [0.1, 0.15) is 0 Å². The molecule has 7 nitrogen and oxygen atoms in total. The molecule has 31 heavy (non-hydrogen) atoms. The van der Waals surface area contributed by atoms with Crippen LogP contribution >= 0.6 is 0 Å². The van der Waals surface area contributed by atoms with Gasteiger partial charge in [-0.25, -0.2) is 8.42 Å². The highest BCUT2D eigenvalue weighted by Gasteiger charge is 2.34. The first-order valence-corrected chi connectivity index (χ1v) is 13.0. The van der Waals surface area contributed by atoms with E-state index in [0.717, 1.165) is 56.2 Å². The summed E-state index contributed by atoms with van der Waals surface area (Å²) in [6.07, 6.45) is 8.56. The van der Waals surface area contributed by atoms with Crippen LogP contribution in [0.3, 0.4) is 0 Å². The van der Waals surface area contributed by atoms with Gasteiger partial charge < -0.3 is 10.2 Å². The van der Waals surface area contributed by atoms with Crippen molar-refractivity contribution in [1.82, 2.24) is 9.62 Å². The molecule has 2 heterocycles. The van der Waals surface area contributed by atoms with Crippen molar-refractivity contribution in [2.45, 2.75) is 75.6 Å². The fourth-order valence-electron chi connectivity index (χ4n) is 5.15. The molecule has 1 saturated heterocycles. The smallest absolute Gasteiger partial charge is 0.243 e. The van der Waals surface area contributed by atoms with Gasteiger partial charge in [-0.1, -0.05) is 19.3 Å². The third kappa shape index (κ3) is 4.80. The fraction of sp³-hybridized carbons (Fsp3) is 0.652. The van der Waals surface area contributed by atoms with E-state index in [1.54, 1.807) is 23.1 Å². The van der Waals surface area contributed by atoms with Crippen molar-refractivity contribution in [1.29, 1.82) is 0 Å². The predicted molar refractivity (Wildman–Crippen MR) is 119 cm³/mol. The molecule has 1 aromatic carbocycles. The second kappa shape index (κ2) is 9.28. The minimum absolute atomic E-state index is 0.00524. The van der Waals surface area contributed by atoms with Gasteiger partial charge in [0, 0.05) is 38.3 Å². The van der Waals surface area contributed by atoms with Crippen molar-refractivity contribution in [2.24, 2.45) is 5.92 Å². The van der Waals surface area contributed by atoms with Crippen LogP contribution in [0.4, 0.5) is 5.69 Å². The molecule has 0 radical (unpaired) electrons.